The maximum atomic E-state index is 11.6. The van der Waals surface area contributed by atoms with Crippen molar-refractivity contribution in [2.24, 2.45) is 0 Å². The highest BCUT2D eigenvalue weighted by atomic mass is 16.4. The summed E-state index contributed by atoms with van der Waals surface area (Å²) in [4.78, 5) is 13.8. The molecule has 0 amide bonds. The summed E-state index contributed by atoms with van der Waals surface area (Å²) in [6, 6.07) is 4.71. The van der Waals surface area contributed by atoms with Crippen molar-refractivity contribution in [1.82, 2.24) is 4.90 Å². The molecule has 2 saturated heterocycles. The lowest BCUT2D eigenvalue weighted by molar-refractivity contribution is 0.0693. The van der Waals surface area contributed by atoms with Crippen molar-refractivity contribution in [2.45, 2.75) is 57.5 Å². The molecule has 4 nitrogen and oxygen atoms in total. The molecule has 1 aromatic carbocycles. The molecule has 3 rings (SSSR count). The van der Waals surface area contributed by atoms with Crippen LogP contribution in [0.4, 0.5) is 0 Å². The lowest BCUT2D eigenvalue weighted by Gasteiger charge is -2.38. The zero-order valence-electron chi connectivity index (χ0n) is 12.6. The number of hydrogen-bond donors (Lipinski definition) is 2. The van der Waals surface area contributed by atoms with Crippen molar-refractivity contribution in [2.75, 3.05) is 0 Å². The van der Waals surface area contributed by atoms with Gasteiger partial charge in [0.05, 0.1) is 11.9 Å². The largest absolute Gasteiger partial charge is 0.478 e. The summed E-state index contributed by atoms with van der Waals surface area (Å²) in [6.07, 6.45) is 5.67. The third-order valence-corrected chi connectivity index (χ3v) is 5.11. The van der Waals surface area contributed by atoms with E-state index in [0.29, 0.717) is 23.6 Å². The van der Waals surface area contributed by atoms with Gasteiger partial charge in [0.1, 0.15) is 0 Å². The van der Waals surface area contributed by atoms with Gasteiger partial charge in [-0.05, 0) is 68.2 Å². The predicted molar refractivity (Wildman–Crippen MR) is 82.3 cm³/mol. The fourth-order valence-electron chi connectivity index (χ4n) is 4.36. The van der Waals surface area contributed by atoms with Crippen LogP contribution in [0, 0.1) is 19.3 Å². The number of piperidine rings is 1. The van der Waals surface area contributed by atoms with E-state index in [1.54, 1.807) is 6.07 Å². The first-order valence-electron chi connectivity index (χ1n) is 7.63. The molecule has 2 heterocycles. The Bertz CT molecular complexity index is 583. The van der Waals surface area contributed by atoms with Crippen molar-refractivity contribution in [3.05, 3.63) is 34.4 Å². The van der Waals surface area contributed by atoms with E-state index in [-0.39, 0.29) is 0 Å². The van der Waals surface area contributed by atoms with Crippen LogP contribution in [0.25, 0.3) is 0 Å². The number of carboxylic acids is 1. The van der Waals surface area contributed by atoms with Gasteiger partial charge in [-0.25, -0.2) is 4.79 Å². The smallest absolute Gasteiger partial charge is 0.335 e. The Morgan fingerprint density at radius 3 is 2.43 bits per heavy atom. The van der Waals surface area contributed by atoms with E-state index >= 15 is 0 Å². The molecule has 2 fully saturated rings. The molecule has 0 saturated carbocycles. The summed E-state index contributed by atoms with van der Waals surface area (Å²) < 4.78 is 0. The van der Waals surface area contributed by atoms with Gasteiger partial charge >= 0.3 is 5.97 Å². The summed E-state index contributed by atoms with van der Waals surface area (Å²) in [5, 5.41) is 17.1. The molecule has 112 valence electrons. The average Bonchev–Trinajstić information content (AvgIpc) is 2.66. The normalized spacial score (nSPS) is 27.7. The van der Waals surface area contributed by atoms with E-state index in [9.17, 15) is 9.90 Å². The van der Waals surface area contributed by atoms with Gasteiger partial charge in [0.2, 0.25) is 0 Å². The highest BCUT2D eigenvalue weighted by Crippen LogP contribution is 2.44. The standard InChI is InChI=1S/C17H22N2O2/c1-10-5-11(2)16(15(6-10)17(20)21)12-7-13-3-4-14(8-12)19(13)9-18/h5-6,9,12-14,18H,3-4,7-8H2,1-2H3,(H,20,21). The number of carbonyl (C=O) groups is 1. The first kappa shape index (κ1) is 14.1. The second-order valence-electron chi connectivity index (χ2n) is 6.48. The number of benzene rings is 1. The minimum Gasteiger partial charge on any atom is -0.478 e. The first-order chi connectivity index (χ1) is 10.0. The number of hydrogen-bond acceptors (Lipinski definition) is 2. The molecular formula is C17H22N2O2. The molecule has 2 unspecified atom stereocenters. The van der Waals surface area contributed by atoms with Crippen LogP contribution in [0.1, 0.15) is 58.6 Å². The Labute approximate surface area is 125 Å². The molecule has 2 bridgehead atoms. The zero-order chi connectivity index (χ0) is 15.1. The van der Waals surface area contributed by atoms with Crippen molar-refractivity contribution >= 4 is 12.3 Å². The Morgan fingerprint density at radius 2 is 1.90 bits per heavy atom. The Hall–Kier alpha value is -1.84. The van der Waals surface area contributed by atoms with Gasteiger partial charge in [0.25, 0.3) is 0 Å². The molecule has 2 aliphatic rings. The van der Waals surface area contributed by atoms with Gasteiger partial charge in [-0.15, -0.1) is 0 Å². The van der Waals surface area contributed by atoms with Crippen LogP contribution in [-0.4, -0.2) is 34.4 Å². The first-order valence-corrected chi connectivity index (χ1v) is 7.63. The van der Waals surface area contributed by atoms with Gasteiger partial charge < -0.3 is 10.0 Å². The van der Waals surface area contributed by atoms with Gasteiger partial charge in [-0.2, -0.15) is 0 Å². The van der Waals surface area contributed by atoms with Crippen molar-refractivity contribution in [3.63, 3.8) is 0 Å². The number of aryl methyl sites for hydroxylation is 2. The van der Waals surface area contributed by atoms with Crippen LogP contribution in [0.2, 0.25) is 0 Å². The second kappa shape index (κ2) is 5.17. The number of nitrogens with zero attached hydrogens (tertiary/aromatic N) is 1. The molecule has 0 aromatic heterocycles. The summed E-state index contributed by atoms with van der Waals surface area (Å²) in [6.45, 7) is 3.98. The van der Waals surface area contributed by atoms with Gasteiger partial charge in [-0.1, -0.05) is 6.07 Å². The lowest BCUT2D eigenvalue weighted by atomic mass is 9.80. The zero-order valence-corrected chi connectivity index (χ0v) is 12.6. The Balaban J connectivity index is 1.99. The van der Waals surface area contributed by atoms with E-state index in [1.165, 1.54) is 6.34 Å². The minimum atomic E-state index is -0.821. The second-order valence-corrected chi connectivity index (χ2v) is 6.48. The van der Waals surface area contributed by atoms with Crippen LogP contribution >= 0.6 is 0 Å². The third kappa shape index (κ3) is 2.33. The molecule has 0 spiro atoms. The molecule has 0 radical (unpaired) electrons. The SMILES string of the molecule is Cc1cc(C)c(C2CC3CCC(C2)N3C=N)c(C(=O)O)c1. The number of aromatic carboxylic acids is 1. The highest BCUT2D eigenvalue weighted by Gasteiger charge is 2.40. The van der Waals surface area contributed by atoms with Gasteiger partial charge in [0, 0.05) is 12.1 Å². The molecule has 1 aromatic rings. The van der Waals surface area contributed by atoms with Crippen LogP contribution in [-0.2, 0) is 0 Å². The van der Waals surface area contributed by atoms with Crippen molar-refractivity contribution < 1.29 is 9.90 Å². The summed E-state index contributed by atoms with van der Waals surface area (Å²) in [5.74, 6) is -0.510. The number of carboxylic acid groups (broad SMARTS) is 1. The maximum Gasteiger partial charge on any atom is 0.335 e. The number of rotatable bonds is 3. The Kier molecular flexibility index (Phi) is 3.47. The quantitative estimate of drug-likeness (QED) is 0.662. The van der Waals surface area contributed by atoms with Gasteiger partial charge in [-0.3, -0.25) is 5.41 Å². The van der Waals surface area contributed by atoms with E-state index in [2.05, 4.69) is 11.0 Å². The molecule has 2 atom stereocenters. The fraction of sp³-hybridized carbons (Fsp3) is 0.529. The van der Waals surface area contributed by atoms with Crippen LogP contribution in [0.15, 0.2) is 12.1 Å². The lowest BCUT2D eigenvalue weighted by Crippen LogP contribution is -2.41. The van der Waals surface area contributed by atoms with Crippen LogP contribution in [0.3, 0.4) is 0 Å². The molecular weight excluding hydrogens is 264 g/mol. The van der Waals surface area contributed by atoms with Crippen molar-refractivity contribution in [1.29, 1.82) is 5.41 Å². The monoisotopic (exact) mass is 286 g/mol. The average molecular weight is 286 g/mol. The summed E-state index contributed by atoms with van der Waals surface area (Å²) in [7, 11) is 0. The Morgan fingerprint density at radius 1 is 1.29 bits per heavy atom. The molecule has 4 heteroatoms. The van der Waals surface area contributed by atoms with Gasteiger partial charge in [0.15, 0.2) is 0 Å². The van der Waals surface area contributed by atoms with E-state index in [0.717, 1.165) is 42.4 Å². The fourth-order valence-corrected chi connectivity index (χ4v) is 4.36. The molecule has 21 heavy (non-hydrogen) atoms. The molecule has 2 N–H and O–H groups in total. The van der Waals surface area contributed by atoms with E-state index in [4.69, 9.17) is 5.41 Å². The molecule has 0 aliphatic carbocycles. The van der Waals surface area contributed by atoms with Crippen molar-refractivity contribution in [3.8, 4) is 0 Å². The summed E-state index contributed by atoms with van der Waals surface area (Å²) >= 11 is 0. The number of nitrogens with one attached hydrogen (secondary N) is 1. The maximum absolute atomic E-state index is 11.6. The van der Waals surface area contributed by atoms with E-state index in [1.807, 2.05) is 13.8 Å². The third-order valence-electron chi connectivity index (χ3n) is 5.11. The molecule has 2 aliphatic heterocycles. The van der Waals surface area contributed by atoms with E-state index < -0.39 is 5.97 Å². The predicted octanol–water partition coefficient (Wildman–Crippen LogP) is 3.32. The van der Waals surface area contributed by atoms with Crippen LogP contribution < -0.4 is 0 Å². The minimum absolute atomic E-state index is 0.311. The van der Waals surface area contributed by atoms with Crippen LogP contribution in [0.5, 0.6) is 0 Å². The highest BCUT2D eigenvalue weighted by molar-refractivity contribution is 5.90. The summed E-state index contributed by atoms with van der Waals surface area (Å²) in [5.41, 5.74) is 3.60. The topological polar surface area (TPSA) is 64.4 Å². The number of fused-ring (bicyclic) bond motifs is 2.